The topological polar surface area (TPSA) is 83.8 Å². The first-order chi connectivity index (χ1) is 12.6. The molecule has 0 atom stereocenters. The van der Waals surface area contributed by atoms with Crippen molar-refractivity contribution in [3.8, 4) is 6.07 Å². The van der Waals surface area contributed by atoms with Crippen LogP contribution in [0.5, 0.6) is 0 Å². The number of hydrogen-bond donors (Lipinski definition) is 1. The Kier molecular flexibility index (Phi) is 4.51. The molecule has 6 heteroatoms. The fourth-order valence-electron chi connectivity index (χ4n) is 4.26. The van der Waals surface area contributed by atoms with Gasteiger partial charge in [0.1, 0.15) is 11.6 Å². The second kappa shape index (κ2) is 6.82. The number of rotatable bonds is 4. The largest absolute Gasteiger partial charge is 0.328 e. The summed E-state index contributed by atoms with van der Waals surface area (Å²) < 4.78 is 2.14. The molecule has 0 radical (unpaired) electrons. The van der Waals surface area contributed by atoms with Crippen LogP contribution in [-0.4, -0.2) is 38.8 Å². The fraction of sp³-hybridized carbons (Fsp3) is 0.550. The Labute approximate surface area is 154 Å². The van der Waals surface area contributed by atoms with E-state index in [1.165, 1.54) is 0 Å². The molecule has 26 heavy (non-hydrogen) atoms. The maximum Gasteiger partial charge on any atom is 0.146 e. The summed E-state index contributed by atoms with van der Waals surface area (Å²) in [6, 6.07) is 13.1. The number of likely N-dealkylation sites (tertiary alicyclic amines) is 1. The Hall–Kier alpha value is -2.23. The first-order valence-corrected chi connectivity index (χ1v) is 9.44. The van der Waals surface area contributed by atoms with E-state index in [9.17, 15) is 5.26 Å². The number of aromatic nitrogens is 3. The van der Waals surface area contributed by atoms with E-state index in [1.807, 2.05) is 18.2 Å². The SMILES string of the molecule is Cn1c(CN2CCC(C#N)(c3ccccc3)CC2)nnc1C1CC(N)C1. The number of piperidine rings is 1. The van der Waals surface area contributed by atoms with Crippen LogP contribution in [0.25, 0.3) is 0 Å². The molecule has 136 valence electrons. The maximum atomic E-state index is 9.83. The van der Waals surface area contributed by atoms with Crippen molar-refractivity contribution in [2.45, 2.75) is 49.6 Å². The highest BCUT2D eigenvalue weighted by molar-refractivity contribution is 5.33. The molecule has 6 nitrogen and oxygen atoms in total. The van der Waals surface area contributed by atoms with Crippen LogP contribution in [-0.2, 0) is 19.0 Å². The van der Waals surface area contributed by atoms with Gasteiger partial charge in [-0.3, -0.25) is 4.90 Å². The van der Waals surface area contributed by atoms with Crippen molar-refractivity contribution in [3.63, 3.8) is 0 Å². The number of nitrogens with zero attached hydrogens (tertiary/aromatic N) is 5. The van der Waals surface area contributed by atoms with E-state index in [0.717, 1.165) is 62.5 Å². The van der Waals surface area contributed by atoms with Crippen molar-refractivity contribution in [3.05, 3.63) is 47.5 Å². The predicted molar refractivity (Wildman–Crippen MR) is 99.2 cm³/mol. The van der Waals surface area contributed by atoms with Crippen molar-refractivity contribution < 1.29 is 0 Å². The van der Waals surface area contributed by atoms with Crippen molar-refractivity contribution in [1.29, 1.82) is 5.26 Å². The number of benzene rings is 1. The molecule has 2 N–H and O–H groups in total. The van der Waals surface area contributed by atoms with Gasteiger partial charge in [0, 0.05) is 32.1 Å². The van der Waals surface area contributed by atoms with Gasteiger partial charge in [-0.1, -0.05) is 30.3 Å². The van der Waals surface area contributed by atoms with Crippen molar-refractivity contribution in [2.75, 3.05) is 13.1 Å². The van der Waals surface area contributed by atoms with Gasteiger partial charge in [0.05, 0.1) is 18.0 Å². The molecule has 1 aromatic carbocycles. The molecular weight excluding hydrogens is 324 g/mol. The molecular formula is C20H26N6. The Morgan fingerprint density at radius 2 is 1.88 bits per heavy atom. The smallest absolute Gasteiger partial charge is 0.146 e. The lowest BCUT2D eigenvalue weighted by molar-refractivity contribution is 0.173. The summed E-state index contributed by atoms with van der Waals surface area (Å²) in [5.74, 6) is 2.53. The number of nitrogens with two attached hydrogens (primary N) is 1. The summed E-state index contributed by atoms with van der Waals surface area (Å²) in [5, 5.41) is 18.7. The van der Waals surface area contributed by atoms with Crippen molar-refractivity contribution in [2.24, 2.45) is 12.8 Å². The highest BCUT2D eigenvalue weighted by atomic mass is 15.3. The zero-order valence-corrected chi connectivity index (χ0v) is 15.3. The van der Waals surface area contributed by atoms with Crippen molar-refractivity contribution >= 4 is 0 Å². The van der Waals surface area contributed by atoms with Crippen LogP contribution in [0.15, 0.2) is 30.3 Å². The molecule has 2 fully saturated rings. The average molecular weight is 350 g/mol. The molecule has 0 bridgehead atoms. The lowest BCUT2D eigenvalue weighted by Crippen LogP contribution is -2.42. The lowest BCUT2D eigenvalue weighted by atomic mass is 9.74. The van der Waals surface area contributed by atoms with Gasteiger partial charge in [-0.05, 0) is 31.2 Å². The maximum absolute atomic E-state index is 9.83. The van der Waals surface area contributed by atoms with Gasteiger partial charge in [0.15, 0.2) is 0 Å². The highest BCUT2D eigenvalue weighted by Gasteiger charge is 2.37. The predicted octanol–water partition coefficient (Wildman–Crippen LogP) is 2.08. The Morgan fingerprint density at radius 3 is 2.50 bits per heavy atom. The zero-order valence-electron chi connectivity index (χ0n) is 15.3. The van der Waals surface area contributed by atoms with Gasteiger partial charge in [0.25, 0.3) is 0 Å². The van der Waals surface area contributed by atoms with Gasteiger partial charge in [-0.15, -0.1) is 10.2 Å². The molecule has 1 aliphatic heterocycles. The van der Waals surface area contributed by atoms with Crippen LogP contribution < -0.4 is 5.73 Å². The molecule has 2 aliphatic rings. The third-order valence-electron chi connectivity index (χ3n) is 6.15. The summed E-state index contributed by atoms with van der Waals surface area (Å²) in [6.07, 6.45) is 3.74. The third-order valence-corrected chi connectivity index (χ3v) is 6.15. The van der Waals surface area contributed by atoms with E-state index in [-0.39, 0.29) is 5.41 Å². The molecule has 4 rings (SSSR count). The second-order valence-electron chi connectivity index (χ2n) is 7.80. The first-order valence-electron chi connectivity index (χ1n) is 9.44. The molecule has 1 saturated heterocycles. The van der Waals surface area contributed by atoms with Crippen LogP contribution >= 0.6 is 0 Å². The highest BCUT2D eigenvalue weighted by Crippen LogP contribution is 2.36. The van der Waals surface area contributed by atoms with Gasteiger partial charge in [-0.25, -0.2) is 0 Å². The van der Waals surface area contributed by atoms with Gasteiger partial charge >= 0.3 is 0 Å². The summed E-state index contributed by atoms with van der Waals surface area (Å²) >= 11 is 0. The van der Waals surface area contributed by atoms with Crippen LogP contribution in [0.1, 0.15) is 48.8 Å². The second-order valence-corrected chi connectivity index (χ2v) is 7.80. The molecule has 0 amide bonds. The van der Waals surface area contributed by atoms with Crippen LogP contribution in [0.3, 0.4) is 0 Å². The van der Waals surface area contributed by atoms with Crippen LogP contribution in [0.2, 0.25) is 0 Å². The Morgan fingerprint density at radius 1 is 1.19 bits per heavy atom. The van der Waals surface area contributed by atoms with E-state index < -0.39 is 0 Å². The minimum absolute atomic E-state index is 0.319. The summed E-state index contributed by atoms with van der Waals surface area (Å²) in [4.78, 5) is 2.39. The van der Waals surface area contributed by atoms with E-state index in [2.05, 4.69) is 44.9 Å². The number of hydrogen-bond acceptors (Lipinski definition) is 5. The molecule has 2 heterocycles. The van der Waals surface area contributed by atoms with Crippen LogP contribution in [0.4, 0.5) is 0 Å². The molecule has 0 unspecified atom stereocenters. The zero-order chi connectivity index (χ0) is 18.1. The molecule has 2 aromatic rings. The standard InChI is InChI=1S/C20H26N6/c1-25-18(23-24-19(25)15-11-17(22)12-15)13-26-9-7-20(14-21,8-10-26)16-5-3-2-4-6-16/h2-6,15,17H,7-13,22H2,1H3. The fourth-order valence-corrected chi connectivity index (χ4v) is 4.26. The molecule has 1 saturated carbocycles. The van der Waals surface area contributed by atoms with E-state index in [1.54, 1.807) is 0 Å². The lowest BCUT2D eigenvalue weighted by Gasteiger charge is -2.37. The monoisotopic (exact) mass is 350 g/mol. The Balaban J connectivity index is 1.41. The van der Waals surface area contributed by atoms with Crippen molar-refractivity contribution in [1.82, 2.24) is 19.7 Å². The molecule has 0 spiro atoms. The quantitative estimate of drug-likeness (QED) is 0.913. The van der Waals surface area contributed by atoms with Gasteiger partial charge < -0.3 is 10.3 Å². The summed E-state index contributed by atoms with van der Waals surface area (Å²) in [5.41, 5.74) is 6.69. The average Bonchev–Trinajstić information content (AvgIpc) is 3.01. The minimum Gasteiger partial charge on any atom is -0.328 e. The Bertz CT molecular complexity index is 791. The summed E-state index contributed by atoms with van der Waals surface area (Å²) in [7, 11) is 2.06. The third kappa shape index (κ3) is 3.02. The van der Waals surface area contributed by atoms with Gasteiger partial charge in [-0.2, -0.15) is 5.26 Å². The van der Waals surface area contributed by atoms with Gasteiger partial charge in [0.2, 0.25) is 0 Å². The number of nitriles is 1. The summed E-state index contributed by atoms with van der Waals surface area (Å²) in [6.45, 7) is 2.59. The van der Waals surface area contributed by atoms with E-state index in [4.69, 9.17) is 5.73 Å². The van der Waals surface area contributed by atoms with E-state index >= 15 is 0 Å². The first kappa shape index (κ1) is 17.2. The van der Waals surface area contributed by atoms with E-state index in [0.29, 0.717) is 12.0 Å². The minimum atomic E-state index is -0.356. The normalized spacial score (nSPS) is 25.4. The molecule has 1 aromatic heterocycles. The van der Waals surface area contributed by atoms with Crippen LogP contribution in [0, 0.1) is 11.3 Å². The molecule has 1 aliphatic carbocycles.